The van der Waals surface area contributed by atoms with Crippen molar-refractivity contribution in [2.45, 2.75) is 56.8 Å². The Labute approximate surface area is 325 Å². The normalized spacial score (nSPS) is 12.5. The fourth-order valence-corrected chi connectivity index (χ4v) is 7.92. The van der Waals surface area contributed by atoms with Gasteiger partial charge in [-0.05, 0) is 119 Å². The number of carbonyl (C=O) groups is 1. The smallest absolute Gasteiger partial charge is 0.193 e. The number of unbranched alkanes of at least 4 members (excludes halogenated alkanes) is 7. The van der Waals surface area contributed by atoms with Crippen molar-refractivity contribution in [2.24, 2.45) is 0 Å². The standard InChI is InChI=1S/C50H50O5/c1-52-35-13-7-5-3-4-6-8-14-36-54-42-27-19-37(20-28-42)49(51)38-21-29-43(30-22-38)55-44-33-25-40(26-34-44)50(39-23-31-41(53-2)32-24-39)47-17-11-9-15-45(47)46-16-10-12-18-48(46)50/h9-12,15-34H,3-8,13-14,35-36H2,1-2H3. The molecule has 0 saturated carbocycles. The van der Waals surface area contributed by atoms with Crippen LogP contribution in [-0.4, -0.2) is 33.2 Å². The van der Waals surface area contributed by atoms with Crippen molar-refractivity contribution in [1.29, 1.82) is 0 Å². The second-order valence-electron chi connectivity index (χ2n) is 14.2. The minimum absolute atomic E-state index is 0.0365. The van der Waals surface area contributed by atoms with Gasteiger partial charge in [-0.25, -0.2) is 0 Å². The number of hydrogen-bond donors (Lipinski definition) is 0. The largest absolute Gasteiger partial charge is 0.497 e. The van der Waals surface area contributed by atoms with Crippen molar-refractivity contribution >= 4 is 5.78 Å². The maximum atomic E-state index is 13.3. The lowest BCUT2D eigenvalue weighted by Crippen LogP contribution is -2.28. The summed E-state index contributed by atoms with van der Waals surface area (Å²) in [6, 6.07) is 49.0. The molecule has 5 heteroatoms. The second kappa shape index (κ2) is 18.1. The van der Waals surface area contributed by atoms with Crippen LogP contribution in [0, 0.1) is 0 Å². The average Bonchev–Trinajstić information content (AvgIpc) is 3.54. The summed E-state index contributed by atoms with van der Waals surface area (Å²) in [7, 11) is 3.46. The average molecular weight is 731 g/mol. The predicted molar refractivity (Wildman–Crippen MR) is 221 cm³/mol. The van der Waals surface area contributed by atoms with E-state index in [1.54, 1.807) is 14.2 Å². The molecule has 0 heterocycles. The Balaban J connectivity index is 0.975. The molecule has 0 saturated heterocycles. The molecule has 280 valence electrons. The van der Waals surface area contributed by atoms with Crippen LogP contribution in [0.1, 0.15) is 89.5 Å². The SMILES string of the molecule is COCCCCCCCCCCOc1ccc(C(=O)c2ccc(Oc3ccc(C4(c5ccc(OC)cc5)c5ccccc5-c5ccccc54)cc3)cc2)cc1. The van der Waals surface area contributed by atoms with Gasteiger partial charge in [-0.1, -0.05) is 111 Å². The summed E-state index contributed by atoms with van der Waals surface area (Å²) in [6.45, 7) is 1.56. The molecule has 1 aliphatic carbocycles. The van der Waals surface area contributed by atoms with E-state index < -0.39 is 5.41 Å². The third-order valence-electron chi connectivity index (χ3n) is 10.7. The highest BCUT2D eigenvalue weighted by Gasteiger charge is 2.45. The summed E-state index contributed by atoms with van der Waals surface area (Å²) in [5.41, 5.74) is 8.03. The number of rotatable bonds is 19. The van der Waals surface area contributed by atoms with Crippen molar-refractivity contribution in [1.82, 2.24) is 0 Å². The Morgan fingerprint density at radius 2 is 0.873 bits per heavy atom. The highest BCUT2D eigenvalue weighted by molar-refractivity contribution is 6.09. The molecule has 55 heavy (non-hydrogen) atoms. The number of ketones is 1. The van der Waals surface area contributed by atoms with E-state index in [9.17, 15) is 4.79 Å². The first-order valence-electron chi connectivity index (χ1n) is 19.6. The Morgan fingerprint density at radius 1 is 0.455 bits per heavy atom. The van der Waals surface area contributed by atoms with Gasteiger partial charge in [0, 0.05) is 24.8 Å². The number of hydrogen-bond acceptors (Lipinski definition) is 5. The van der Waals surface area contributed by atoms with Crippen molar-refractivity contribution in [3.63, 3.8) is 0 Å². The van der Waals surface area contributed by atoms with E-state index >= 15 is 0 Å². The molecule has 0 atom stereocenters. The van der Waals surface area contributed by atoms with E-state index in [0.717, 1.165) is 42.3 Å². The molecular weight excluding hydrogens is 681 g/mol. The van der Waals surface area contributed by atoms with Crippen LogP contribution in [0.2, 0.25) is 0 Å². The molecule has 7 rings (SSSR count). The molecular formula is C50H50O5. The number of benzene rings is 6. The predicted octanol–water partition coefficient (Wildman–Crippen LogP) is 12.2. The molecule has 0 spiro atoms. The van der Waals surface area contributed by atoms with Gasteiger partial charge in [0.25, 0.3) is 0 Å². The van der Waals surface area contributed by atoms with Crippen molar-refractivity contribution < 1.29 is 23.7 Å². The monoisotopic (exact) mass is 730 g/mol. The van der Waals surface area contributed by atoms with Crippen LogP contribution in [0.4, 0.5) is 0 Å². The number of ether oxygens (including phenoxy) is 4. The van der Waals surface area contributed by atoms with Crippen LogP contribution in [0.25, 0.3) is 11.1 Å². The van der Waals surface area contributed by atoms with Crippen LogP contribution < -0.4 is 14.2 Å². The number of carbonyl (C=O) groups excluding carboxylic acids is 1. The Kier molecular flexibility index (Phi) is 12.4. The molecule has 6 aromatic carbocycles. The van der Waals surface area contributed by atoms with Crippen molar-refractivity contribution in [3.05, 3.63) is 179 Å². The first-order valence-corrected chi connectivity index (χ1v) is 19.6. The summed E-state index contributed by atoms with van der Waals surface area (Å²) in [6.07, 6.45) is 9.74. The van der Waals surface area contributed by atoms with Crippen molar-refractivity contribution in [3.8, 4) is 34.1 Å². The minimum Gasteiger partial charge on any atom is -0.497 e. The molecule has 0 N–H and O–H groups in total. The van der Waals surface area contributed by atoms with Crippen LogP contribution in [0.5, 0.6) is 23.0 Å². The lowest BCUT2D eigenvalue weighted by molar-refractivity contribution is 0.103. The third kappa shape index (κ3) is 8.38. The first-order chi connectivity index (χ1) is 27.1. The fourth-order valence-electron chi connectivity index (χ4n) is 7.92. The van der Waals surface area contributed by atoms with Gasteiger partial charge in [0.1, 0.15) is 23.0 Å². The molecule has 0 bridgehead atoms. The third-order valence-corrected chi connectivity index (χ3v) is 10.7. The van der Waals surface area contributed by atoms with E-state index in [2.05, 4.69) is 72.8 Å². The van der Waals surface area contributed by atoms with E-state index in [4.69, 9.17) is 18.9 Å². The topological polar surface area (TPSA) is 54.0 Å². The molecule has 0 amide bonds. The zero-order chi connectivity index (χ0) is 37.9. The summed E-state index contributed by atoms with van der Waals surface area (Å²) < 4.78 is 22.9. The fraction of sp³-hybridized carbons (Fsp3) is 0.260. The highest BCUT2D eigenvalue weighted by atomic mass is 16.5. The molecule has 6 aromatic rings. The molecule has 0 radical (unpaired) electrons. The van der Waals surface area contributed by atoms with E-state index in [1.807, 2.05) is 72.8 Å². The van der Waals surface area contributed by atoms with Crippen LogP contribution in [-0.2, 0) is 10.2 Å². The Bertz CT molecular complexity index is 2090. The summed E-state index contributed by atoms with van der Waals surface area (Å²) in [5, 5.41) is 0. The maximum absolute atomic E-state index is 13.3. The molecule has 0 aromatic heterocycles. The molecule has 0 aliphatic heterocycles. The van der Waals surface area contributed by atoms with Crippen LogP contribution >= 0.6 is 0 Å². The summed E-state index contributed by atoms with van der Waals surface area (Å²) in [4.78, 5) is 13.3. The quantitative estimate of drug-likeness (QED) is 0.0612. The van der Waals surface area contributed by atoms with Crippen molar-refractivity contribution in [2.75, 3.05) is 27.4 Å². The highest BCUT2D eigenvalue weighted by Crippen LogP contribution is 2.56. The van der Waals surface area contributed by atoms with E-state index in [0.29, 0.717) is 23.5 Å². The second-order valence-corrected chi connectivity index (χ2v) is 14.2. The van der Waals surface area contributed by atoms with Gasteiger partial charge < -0.3 is 18.9 Å². The van der Waals surface area contributed by atoms with E-state index in [1.165, 1.54) is 66.3 Å². The van der Waals surface area contributed by atoms with Gasteiger partial charge in [0.2, 0.25) is 0 Å². The van der Waals surface area contributed by atoms with Gasteiger partial charge in [-0.15, -0.1) is 0 Å². The lowest BCUT2D eigenvalue weighted by Gasteiger charge is -2.34. The molecule has 5 nitrogen and oxygen atoms in total. The molecule has 0 unspecified atom stereocenters. The summed E-state index contributed by atoms with van der Waals surface area (Å²) in [5.74, 6) is 2.96. The Morgan fingerprint density at radius 3 is 1.36 bits per heavy atom. The lowest BCUT2D eigenvalue weighted by atomic mass is 9.68. The van der Waals surface area contributed by atoms with E-state index in [-0.39, 0.29) is 5.78 Å². The first kappa shape index (κ1) is 37.7. The minimum atomic E-state index is -0.506. The zero-order valence-corrected chi connectivity index (χ0v) is 32.0. The molecule has 0 fully saturated rings. The molecule has 1 aliphatic rings. The van der Waals surface area contributed by atoms with Gasteiger partial charge in [-0.3, -0.25) is 4.79 Å². The van der Waals surface area contributed by atoms with Gasteiger partial charge in [0.15, 0.2) is 5.78 Å². The zero-order valence-electron chi connectivity index (χ0n) is 32.0. The van der Waals surface area contributed by atoms with Gasteiger partial charge >= 0.3 is 0 Å². The van der Waals surface area contributed by atoms with Gasteiger partial charge in [-0.2, -0.15) is 0 Å². The van der Waals surface area contributed by atoms with Gasteiger partial charge in [0.05, 0.1) is 19.1 Å². The summed E-state index contributed by atoms with van der Waals surface area (Å²) >= 11 is 0. The number of methoxy groups -OCH3 is 2. The van der Waals surface area contributed by atoms with Crippen LogP contribution in [0.15, 0.2) is 146 Å². The maximum Gasteiger partial charge on any atom is 0.193 e. The number of fused-ring (bicyclic) bond motifs is 3. The van der Waals surface area contributed by atoms with Crippen LogP contribution in [0.3, 0.4) is 0 Å². The Hall–Kier alpha value is -5.65.